The lowest BCUT2D eigenvalue weighted by Crippen LogP contribution is -2.16. The van der Waals surface area contributed by atoms with Crippen LogP contribution in [0.25, 0.3) is 11.1 Å². The number of fused-ring (bicyclic) bond motifs is 1. The molecule has 2 aromatic heterocycles. The number of carbonyl (C=O) groups excluding carboxylic acids is 2. The summed E-state index contributed by atoms with van der Waals surface area (Å²) in [7, 11) is 1.64. The van der Waals surface area contributed by atoms with Crippen molar-refractivity contribution in [3.63, 3.8) is 0 Å². The highest BCUT2D eigenvalue weighted by atomic mass is 32.2. The summed E-state index contributed by atoms with van der Waals surface area (Å²) in [6.07, 6.45) is 0. The maximum absolute atomic E-state index is 12.4. The lowest BCUT2D eigenvalue weighted by Gasteiger charge is -2.09. The van der Waals surface area contributed by atoms with E-state index in [1.165, 1.54) is 0 Å². The van der Waals surface area contributed by atoms with Crippen LogP contribution in [0.1, 0.15) is 21.7 Å². The molecule has 0 N–H and O–H groups in total. The van der Waals surface area contributed by atoms with Crippen molar-refractivity contribution in [3.05, 3.63) is 47.3 Å². The molecule has 148 valence electrons. The highest BCUT2D eigenvalue weighted by Gasteiger charge is 2.18. The van der Waals surface area contributed by atoms with Gasteiger partial charge in [0.1, 0.15) is 11.3 Å². The van der Waals surface area contributed by atoms with E-state index in [2.05, 4.69) is 4.98 Å². The molecular formula is C20H22N2O5S. The van der Waals surface area contributed by atoms with Crippen LogP contribution in [0.5, 0.6) is 0 Å². The molecule has 0 unspecified atom stereocenters. The molecule has 8 heteroatoms. The minimum atomic E-state index is -0.492. The van der Waals surface area contributed by atoms with Gasteiger partial charge in [-0.15, -0.1) is 0 Å². The number of aromatic nitrogens is 2. The third kappa shape index (κ3) is 4.63. The highest BCUT2D eigenvalue weighted by molar-refractivity contribution is 7.99. The summed E-state index contributed by atoms with van der Waals surface area (Å²) in [5, 5.41) is 0.395. The first kappa shape index (κ1) is 20.2. The summed E-state index contributed by atoms with van der Waals surface area (Å²) in [5.41, 5.74) is 3.77. The molecule has 0 saturated carbocycles. The number of ketones is 1. The first-order valence-electron chi connectivity index (χ1n) is 8.82. The zero-order valence-corrected chi connectivity index (χ0v) is 16.9. The zero-order chi connectivity index (χ0) is 20.1. The zero-order valence-electron chi connectivity index (χ0n) is 16.1. The van der Waals surface area contributed by atoms with Crippen molar-refractivity contribution >= 4 is 34.6 Å². The third-order valence-corrected chi connectivity index (χ3v) is 5.15. The quantitative estimate of drug-likeness (QED) is 0.308. The standard InChI is InChI=1S/C20H22N2O5S/c1-13-10-15(14(2)22(13)8-9-25-3)17(23)11-26-19(24)12-28-20-21-16-6-4-5-7-18(16)27-20/h4-7,10H,8-9,11-12H2,1-3H3. The number of thioether (sulfide) groups is 1. The predicted octanol–water partition coefficient (Wildman–Crippen LogP) is 3.41. The van der Waals surface area contributed by atoms with Gasteiger partial charge < -0.3 is 18.5 Å². The Kier molecular flexibility index (Phi) is 6.53. The molecule has 0 aliphatic carbocycles. The van der Waals surface area contributed by atoms with Crippen molar-refractivity contribution in [2.24, 2.45) is 0 Å². The summed E-state index contributed by atoms with van der Waals surface area (Å²) in [6, 6.07) is 9.18. The Morgan fingerprint density at radius 1 is 1.25 bits per heavy atom. The number of Topliss-reactive ketones (excluding diaryl/α,β-unsaturated/α-hetero) is 1. The molecule has 3 aromatic rings. The molecule has 0 aliphatic rings. The van der Waals surface area contributed by atoms with Crippen molar-refractivity contribution in [3.8, 4) is 0 Å². The molecule has 0 atom stereocenters. The molecule has 2 heterocycles. The molecule has 0 spiro atoms. The minimum absolute atomic E-state index is 0.0208. The summed E-state index contributed by atoms with van der Waals surface area (Å²) in [6.45, 7) is 4.75. The molecular weight excluding hydrogens is 380 g/mol. The second-order valence-electron chi connectivity index (χ2n) is 6.25. The number of carbonyl (C=O) groups is 2. The number of oxazole rings is 1. The average molecular weight is 402 g/mol. The van der Waals surface area contributed by atoms with Crippen molar-refractivity contribution in [2.75, 3.05) is 26.1 Å². The molecule has 0 fully saturated rings. The smallest absolute Gasteiger partial charge is 0.316 e. The van der Waals surface area contributed by atoms with Gasteiger partial charge in [0, 0.05) is 30.6 Å². The largest absolute Gasteiger partial charge is 0.457 e. The lowest BCUT2D eigenvalue weighted by atomic mass is 10.1. The normalized spacial score (nSPS) is 11.1. The SMILES string of the molecule is COCCn1c(C)cc(C(=O)COC(=O)CSc2nc3ccccc3o2)c1C. The van der Waals surface area contributed by atoms with Crippen LogP contribution in [0, 0.1) is 13.8 Å². The van der Waals surface area contributed by atoms with Gasteiger partial charge in [-0.2, -0.15) is 0 Å². The van der Waals surface area contributed by atoms with E-state index >= 15 is 0 Å². The number of hydrogen-bond donors (Lipinski definition) is 0. The van der Waals surface area contributed by atoms with E-state index < -0.39 is 5.97 Å². The van der Waals surface area contributed by atoms with E-state index in [4.69, 9.17) is 13.9 Å². The van der Waals surface area contributed by atoms with Gasteiger partial charge in [-0.25, -0.2) is 4.98 Å². The van der Waals surface area contributed by atoms with E-state index in [0.29, 0.717) is 29.5 Å². The first-order valence-corrected chi connectivity index (χ1v) is 9.81. The fraction of sp³-hybridized carbons (Fsp3) is 0.350. The van der Waals surface area contributed by atoms with Gasteiger partial charge in [-0.05, 0) is 32.0 Å². The van der Waals surface area contributed by atoms with E-state index in [1.54, 1.807) is 7.11 Å². The number of esters is 1. The van der Waals surface area contributed by atoms with Crippen molar-refractivity contribution in [1.29, 1.82) is 0 Å². The minimum Gasteiger partial charge on any atom is -0.457 e. The van der Waals surface area contributed by atoms with Crippen LogP contribution in [0.3, 0.4) is 0 Å². The van der Waals surface area contributed by atoms with Gasteiger partial charge >= 0.3 is 5.97 Å². The van der Waals surface area contributed by atoms with Gasteiger partial charge in [0.05, 0.1) is 6.61 Å². The second kappa shape index (κ2) is 9.07. The number of para-hydroxylation sites is 2. The maximum Gasteiger partial charge on any atom is 0.316 e. The number of benzene rings is 1. The molecule has 7 nitrogen and oxygen atoms in total. The van der Waals surface area contributed by atoms with Crippen LogP contribution in [0.4, 0.5) is 0 Å². The van der Waals surface area contributed by atoms with Gasteiger partial charge in [-0.1, -0.05) is 23.9 Å². The summed E-state index contributed by atoms with van der Waals surface area (Å²) >= 11 is 1.14. The number of aryl methyl sites for hydroxylation is 1. The van der Waals surface area contributed by atoms with E-state index in [-0.39, 0.29) is 18.1 Å². The summed E-state index contributed by atoms with van der Waals surface area (Å²) in [4.78, 5) is 28.7. The molecule has 28 heavy (non-hydrogen) atoms. The Bertz CT molecular complexity index is 959. The van der Waals surface area contributed by atoms with Crippen molar-refractivity contribution < 1.29 is 23.5 Å². The van der Waals surface area contributed by atoms with Crippen LogP contribution in [0.15, 0.2) is 40.0 Å². The van der Waals surface area contributed by atoms with Crippen molar-refractivity contribution in [2.45, 2.75) is 25.6 Å². The molecule has 0 saturated heterocycles. The van der Waals surface area contributed by atoms with Crippen LogP contribution in [0.2, 0.25) is 0 Å². The molecule has 0 amide bonds. The van der Waals surface area contributed by atoms with E-state index in [0.717, 1.165) is 28.7 Å². The van der Waals surface area contributed by atoms with Crippen molar-refractivity contribution in [1.82, 2.24) is 9.55 Å². The fourth-order valence-electron chi connectivity index (χ4n) is 2.91. The molecule has 1 aromatic carbocycles. The van der Waals surface area contributed by atoms with Gasteiger partial charge in [-0.3, -0.25) is 9.59 Å². The molecule has 0 bridgehead atoms. The number of ether oxygens (including phenoxy) is 2. The Morgan fingerprint density at radius 2 is 2.04 bits per heavy atom. The van der Waals surface area contributed by atoms with Crippen LogP contribution in [-0.2, 0) is 20.8 Å². The Balaban J connectivity index is 1.52. The summed E-state index contributed by atoms with van der Waals surface area (Å²) < 4.78 is 17.8. The number of rotatable bonds is 9. The van der Waals surface area contributed by atoms with E-state index in [9.17, 15) is 9.59 Å². The van der Waals surface area contributed by atoms with E-state index in [1.807, 2.05) is 48.7 Å². The lowest BCUT2D eigenvalue weighted by molar-refractivity contribution is -0.139. The van der Waals surface area contributed by atoms with Crippen LogP contribution in [-0.4, -0.2) is 47.4 Å². The first-order chi connectivity index (χ1) is 13.5. The predicted molar refractivity (Wildman–Crippen MR) is 106 cm³/mol. The van der Waals surface area contributed by atoms with Crippen LogP contribution >= 0.6 is 11.8 Å². The van der Waals surface area contributed by atoms with Crippen LogP contribution < -0.4 is 0 Å². The van der Waals surface area contributed by atoms with Gasteiger partial charge in [0.15, 0.2) is 12.2 Å². The highest BCUT2D eigenvalue weighted by Crippen LogP contribution is 2.23. The molecule has 3 rings (SSSR count). The Labute approximate surface area is 167 Å². The second-order valence-corrected chi connectivity index (χ2v) is 7.18. The Hall–Kier alpha value is -2.58. The number of hydrogen-bond acceptors (Lipinski definition) is 7. The summed E-state index contributed by atoms with van der Waals surface area (Å²) in [5.74, 6) is -0.696. The fourth-order valence-corrected chi connectivity index (χ4v) is 3.55. The monoisotopic (exact) mass is 402 g/mol. The maximum atomic E-state index is 12.4. The molecule has 0 aliphatic heterocycles. The number of methoxy groups -OCH3 is 1. The Morgan fingerprint density at radius 3 is 2.79 bits per heavy atom. The average Bonchev–Trinajstić information content (AvgIpc) is 3.23. The third-order valence-electron chi connectivity index (χ3n) is 4.35. The number of nitrogens with zero attached hydrogens (tertiary/aromatic N) is 2. The molecule has 0 radical (unpaired) electrons. The topological polar surface area (TPSA) is 83.6 Å². The van der Waals surface area contributed by atoms with Gasteiger partial charge in [0.25, 0.3) is 5.22 Å². The van der Waals surface area contributed by atoms with Gasteiger partial charge in [0.2, 0.25) is 5.78 Å².